The van der Waals surface area contributed by atoms with Gasteiger partial charge in [0.25, 0.3) is 0 Å². The van der Waals surface area contributed by atoms with Crippen LogP contribution in [0.4, 0.5) is 4.79 Å². The van der Waals surface area contributed by atoms with E-state index in [9.17, 15) is 9.90 Å². The van der Waals surface area contributed by atoms with E-state index in [0.717, 1.165) is 45.3 Å². The number of nitrogens with one attached hydrogen (secondary N) is 1. The first-order valence-corrected chi connectivity index (χ1v) is 8.90. The first-order valence-electron chi connectivity index (χ1n) is 8.90. The maximum atomic E-state index is 12.6. The van der Waals surface area contributed by atoms with Crippen molar-refractivity contribution >= 4 is 6.03 Å². The number of hydrogen-bond donors (Lipinski definition) is 2. The number of rotatable bonds is 2. The number of amides is 2. The average molecular weight is 310 g/mol. The summed E-state index contributed by atoms with van der Waals surface area (Å²) in [5.74, 6) is 0.692. The minimum Gasteiger partial charge on any atom is -0.396 e. The van der Waals surface area contributed by atoms with Gasteiger partial charge in [0, 0.05) is 32.3 Å². The van der Waals surface area contributed by atoms with Crippen LogP contribution in [0.25, 0.3) is 0 Å². The molecular weight excluding hydrogens is 280 g/mol. The highest BCUT2D eigenvalue weighted by atomic mass is 16.5. The zero-order valence-corrected chi connectivity index (χ0v) is 13.7. The predicted molar refractivity (Wildman–Crippen MR) is 84.6 cm³/mol. The van der Waals surface area contributed by atoms with Crippen LogP contribution < -0.4 is 5.32 Å². The number of aliphatic hydroxyl groups excluding tert-OH is 1. The Kier molecular flexibility index (Phi) is 4.93. The lowest BCUT2D eigenvalue weighted by atomic mass is 9.89. The molecule has 3 aliphatic rings. The monoisotopic (exact) mass is 310 g/mol. The zero-order valence-electron chi connectivity index (χ0n) is 13.7. The van der Waals surface area contributed by atoms with Crippen molar-refractivity contribution in [3.05, 3.63) is 0 Å². The second-order valence-electron chi connectivity index (χ2n) is 7.67. The van der Waals surface area contributed by atoms with Crippen molar-refractivity contribution in [2.45, 2.75) is 63.5 Å². The van der Waals surface area contributed by atoms with Gasteiger partial charge >= 0.3 is 6.03 Å². The fourth-order valence-electron chi connectivity index (χ4n) is 4.56. The molecule has 5 nitrogen and oxygen atoms in total. The lowest BCUT2D eigenvalue weighted by Crippen LogP contribution is -2.54. The second kappa shape index (κ2) is 6.75. The maximum absolute atomic E-state index is 12.6. The Morgan fingerprint density at radius 2 is 2.14 bits per heavy atom. The summed E-state index contributed by atoms with van der Waals surface area (Å²) < 4.78 is 6.04. The van der Waals surface area contributed by atoms with Crippen molar-refractivity contribution in [3.8, 4) is 0 Å². The Bertz CT molecular complexity index is 395. The van der Waals surface area contributed by atoms with E-state index in [1.807, 2.05) is 4.90 Å². The summed E-state index contributed by atoms with van der Waals surface area (Å²) in [7, 11) is 0. The lowest BCUT2D eigenvalue weighted by Gasteiger charge is -2.40. The number of nitrogens with zero attached hydrogens (tertiary/aromatic N) is 1. The zero-order chi connectivity index (χ0) is 15.6. The normalized spacial score (nSPS) is 34.8. The van der Waals surface area contributed by atoms with Crippen molar-refractivity contribution in [2.75, 3.05) is 26.3 Å². The number of carbonyl (C=O) groups is 1. The molecule has 1 aliphatic carbocycles. The Morgan fingerprint density at radius 3 is 2.86 bits per heavy atom. The molecule has 2 N–H and O–H groups in total. The van der Waals surface area contributed by atoms with E-state index < -0.39 is 0 Å². The van der Waals surface area contributed by atoms with Gasteiger partial charge in [-0.15, -0.1) is 0 Å². The van der Waals surface area contributed by atoms with E-state index in [2.05, 4.69) is 12.2 Å². The molecule has 126 valence electrons. The van der Waals surface area contributed by atoms with Crippen LogP contribution in [0, 0.1) is 11.8 Å². The van der Waals surface area contributed by atoms with Crippen LogP contribution in [0.15, 0.2) is 0 Å². The van der Waals surface area contributed by atoms with Gasteiger partial charge in [-0.25, -0.2) is 4.79 Å². The van der Waals surface area contributed by atoms with E-state index in [1.54, 1.807) is 0 Å². The van der Waals surface area contributed by atoms with Crippen molar-refractivity contribution in [3.63, 3.8) is 0 Å². The van der Waals surface area contributed by atoms with Gasteiger partial charge in [-0.05, 0) is 43.9 Å². The quantitative estimate of drug-likeness (QED) is 0.821. The molecule has 1 saturated carbocycles. The summed E-state index contributed by atoms with van der Waals surface area (Å²) in [6.45, 7) is 4.58. The topological polar surface area (TPSA) is 61.8 Å². The molecule has 2 amide bonds. The fourth-order valence-corrected chi connectivity index (χ4v) is 4.56. The van der Waals surface area contributed by atoms with Gasteiger partial charge < -0.3 is 20.1 Å². The van der Waals surface area contributed by atoms with Crippen molar-refractivity contribution in [1.82, 2.24) is 10.2 Å². The van der Waals surface area contributed by atoms with Crippen LogP contribution in [0.2, 0.25) is 0 Å². The standard InChI is InChI=1S/C17H30N2O3/c1-13-8-14(12-20)11-19(10-13)16(21)18-15-4-7-22-17(9-15)5-2-3-6-17/h13-15,20H,2-12H2,1H3,(H,18,21). The molecule has 2 saturated heterocycles. The van der Waals surface area contributed by atoms with Gasteiger partial charge in [0.1, 0.15) is 0 Å². The summed E-state index contributed by atoms with van der Waals surface area (Å²) in [6.07, 6.45) is 7.69. The first kappa shape index (κ1) is 16.1. The van der Waals surface area contributed by atoms with Crippen LogP contribution in [0.5, 0.6) is 0 Å². The Labute approximate surface area is 133 Å². The van der Waals surface area contributed by atoms with Gasteiger partial charge in [0.2, 0.25) is 0 Å². The molecule has 2 heterocycles. The number of likely N-dealkylation sites (tertiary alicyclic amines) is 1. The van der Waals surface area contributed by atoms with Crippen LogP contribution >= 0.6 is 0 Å². The highest BCUT2D eigenvalue weighted by Crippen LogP contribution is 2.40. The summed E-state index contributed by atoms with van der Waals surface area (Å²) in [5, 5.41) is 12.6. The molecule has 0 aromatic carbocycles. The average Bonchev–Trinajstić information content (AvgIpc) is 2.94. The molecule has 0 aromatic rings. The van der Waals surface area contributed by atoms with Crippen molar-refractivity contribution in [2.24, 2.45) is 11.8 Å². The smallest absolute Gasteiger partial charge is 0.317 e. The molecule has 22 heavy (non-hydrogen) atoms. The molecule has 3 unspecified atom stereocenters. The molecule has 1 spiro atoms. The molecule has 2 aliphatic heterocycles. The fraction of sp³-hybridized carbons (Fsp3) is 0.941. The Morgan fingerprint density at radius 1 is 1.36 bits per heavy atom. The van der Waals surface area contributed by atoms with E-state index in [1.165, 1.54) is 12.8 Å². The number of carbonyl (C=O) groups excluding carboxylic acids is 1. The Balaban J connectivity index is 1.54. The van der Waals surface area contributed by atoms with Crippen molar-refractivity contribution < 1.29 is 14.6 Å². The first-order chi connectivity index (χ1) is 10.6. The van der Waals surface area contributed by atoms with E-state index >= 15 is 0 Å². The van der Waals surface area contributed by atoms with Gasteiger partial charge in [0.15, 0.2) is 0 Å². The molecule has 5 heteroatoms. The second-order valence-corrected chi connectivity index (χ2v) is 7.67. The van der Waals surface area contributed by atoms with Gasteiger partial charge in [-0.2, -0.15) is 0 Å². The molecule has 3 rings (SSSR count). The summed E-state index contributed by atoms with van der Waals surface area (Å²) >= 11 is 0. The van der Waals surface area contributed by atoms with Crippen molar-refractivity contribution in [1.29, 1.82) is 0 Å². The number of urea groups is 1. The largest absolute Gasteiger partial charge is 0.396 e. The van der Waals surface area contributed by atoms with Gasteiger partial charge in [-0.1, -0.05) is 19.8 Å². The molecule has 0 bridgehead atoms. The molecule has 3 fully saturated rings. The third-order valence-corrected chi connectivity index (χ3v) is 5.63. The predicted octanol–water partition coefficient (Wildman–Crippen LogP) is 2.14. The number of piperidine rings is 1. The SMILES string of the molecule is CC1CC(CO)CN(C(=O)NC2CCOC3(CCCC3)C2)C1. The number of aliphatic hydroxyl groups is 1. The van der Waals surface area contributed by atoms with Crippen LogP contribution in [-0.2, 0) is 4.74 Å². The van der Waals surface area contributed by atoms with Crippen LogP contribution in [0.3, 0.4) is 0 Å². The molecular formula is C17H30N2O3. The third-order valence-electron chi connectivity index (χ3n) is 5.63. The van der Waals surface area contributed by atoms with Crippen LogP contribution in [-0.4, -0.2) is 54.0 Å². The molecule has 0 aromatic heterocycles. The highest BCUT2D eigenvalue weighted by molar-refractivity contribution is 5.74. The summed E-state index contributed by atoms with van der Waals surface area (Å²) in [6, 6.07) is 0.286. The molecule has 3 atom stereocenters. The van der Waals surface area contributed by atoms with E-state index in [4.69, 9.17) is 4.74 Å². The van der Waals surface area contributed by atoms with E-state index in [0.29, 0.717) is 12.5 Å². The highest BCUT2D eigenvalue weighted by Gasteiger charge is 2.40. The minimum absolute atomic E-state index is 0.0407. The Hall–Kier alpha value is -0.810. The lowest BCUT2D eigenvalue weighted by molar-refractivity contribution is -0.0825. The van der Waals surface area contributed by atoms with E-state index in [-0.39, 0.29) is 30.2 Å². The molecule has 0 radical (unpaired) electrons. The van der Waals surface area contributed by atoms with Crippen LogP contribution in [0.1, 0.15) is 51.9 Å². The minimum atomic E-state index is 0.0407. The number of hydrogen-bond acceptors (Lipinski definition) is 3. The maximum Gasteiger partial charge on any atom is 0.317 e. The summed E-state index contributed by atoms with van der Waals surface area (Å²) in [5.41, 5.74) is 0.0407. The van der Waals surface area contributed by atoms with Gasteiger partial charge in [0.05, 0.1) is 5.60 Å². The number of ether oxygens (including phenoxy) is 1. The summed E-state index contributed by atoms with van der Waals surface area (Å²) in [4.78, 5) is 14.5. The van der Waals surface area contributed by atoms with Gasteiger partial charge in [-0.3, -0.25) is 0 Å². The third kappa shape index (κ3) is 3.57.